The van der Waals surface area contributed by atoms with Gasteiger partial charge in [-0.1, -0.05) is 26.3 Å². The fourth-order valence-electron chi connectivity index (χ4n) is 1.95. The molecule has 0 aliphatic heterocycles. The highest BCUT2D eigenvalue weighted by molar-refractivity contribution is 5.95. The molecule has 0 fully saturated rings. The van der Waals surface area contributed by atoms with E-state index in [-0.39, 0.29) is 11.9 Å². The SMILES string of the molecule is CCC(C)C(C)NC(=O)c1ccc(/C=C/C(=O)O)c(C)c1. The van der Waals surface area contributed by atoms with Gasteiger partial charge in [-0.3, -0.25) is 4.79 Å². The monoisotopic (exact) mass is 289 g/mol. The van der Waals surface area contributed by atoms with Crippen molar-refractivity contribution in [2.45, 2.75) is 40.2 Å². The molecule has 0 radical (unpaired) electrons. The van der Waals surface area contributed by atoms with E-state index in [0.717, 1.165) is 23.6 Å². The minimum atomic E-state index is -0.987. The molecule has 1 rings (SSSR count). The number of carboxylic acids is 1. The fraction of sp³-hybridized carbons (Fsp3) is 0.412. The second kappa shape index (κ2) is 7.62. The van der Waals surface area contributed by atoms with Crippen LogP contribution < -0.4 is 5.32 Å². The maximum Gasteiger partial charge on any atom is 0.328 e. The van der Waals surface area contributed by atoms with E-state index in [2.05, 4.69) is 19.2 Å². The number of amides is 1. The summed E-state index contributed by atoms with van der Waals surface area (Å²) in [5, 5.41) is 11.6. The van der Waals surface area contributed by atoms with Crippen molar-refractivity contribution in [3.8, 4) is 0 Å². The molecule has 2 atom stereocenters. The third-order valence-electron chi connectivity index (χ3n) is 3.79. The summed E-state index contributed by atoms with van der Waals surface area (Å²) >= 11 is 0. The predicted molar refractivity (Wildman–Crippen MR) is 84.2 cm³/mol. The van der Waals surface area contributed by atoms with Crippen LogP contribution in [0.1, 0.15) is 48.7 Å². The molecule has 0 spiro atoms. The summed E-state index contributed by atoms with van der Waals surface area (Å²) in [6, 6.07) is 5.37. The van der Waals surface area contributed by atoms with Crippen molar-refractivity contribution in [1.29, 1.82) is 0 Å². The minimum absolute atomic E-state index is 0.0975. The Morgan fingerprint density at radius 3 is 2.52 bits per heavy atom. The number of aliphatic carboxylic acids is 1. The Kier molecular flexibility index (Phi) is 6.15. The van der Waals surface area contributed by atoms with Gasteiger partial charge in [-0.25, -0.2) is 4.79 Å². The Bertz CT molecular complexity index is 549. The van der Waals surface area contributed by atoms with Gasteiger partial charge in [-0.05, 0) is 49.1 Å². The van der Waals surface area contributed by atoms with E-state index in [1.165, 1.54) is 6.08 Å². The van der Waals surface area contributed by atoms with Gasteiger partial charge in [0.2, 0.25) is 0 Å². The van der Waals surface area contributed by atoms with Crippen LogP contribution >= 0.6 is 0 Å². The zero-order valence-corrected chi connectivity index (χ0v) is 13.0. The molecule has 1 aromatic rings. The first-order valence-electron chi connectivity index (χ1n) is 7.17. The summed E-state index contributed by atoms with van der Waals surface area (Å²) in [5.74, 6) is -0.661. The Morgan fingerprint density at radius 1 is 1.33 bits per heavy atom. The average molecular weight is 289 g/mol. The third-order valence-corrected chi connectivity index (χ3v) is 3.79. The number of hydrogen-bond donors (Lipinski definition) is 2. The Labute approximate surface area is 125 Å². The molecular formula is C17H23NO3. The summed E-state index contributed by atoms with van der Waals surface area (Å²) < 4.78 is 0. The van der Waals surface area contributed by atoms with E-state index < -0.39 is 5.97 Å². The Hall–Kier alpha value is -2.10. The molecule has 0 saturated heterocycles. The van der Waals surface area contributed by atoms with Crippen LogP contribution in [0.4, 0.5) is 0 Å². The molecule has 114 valence electrons. The van der Waals surface area contributed by atoms with Crippen LogP contribution in [0.3, 0.4) is 0 Å². The van der Waals surface area contributed by atoms with Gasteiger partial charge >= 0.3 is 5.97 Å². The van der Waals surface area contributed by atoms with Crippen LogP contribution in [0.2, 0.25) is 0 Å². The highest BCUT2D eigenvalue weighted by Crippen LogP contribution is 2.14. The minimum Gasteiger partial charge on any atom is -0.478 e. The van der Waals surface area contributed by atoms with Gasteiger partial charge in [0.15, 0.2) is 0 Å². The number of hydrogen-bond acceptors (Lipinski definition) is 2. The van der Waals surface area contributed by atoms with E-state index in [4.69, 9.17) is 5.11 Å². The molecule has 0 bridgehead atoms. The first kappa shape index (κ1) is 17.0. The fourth-order valence-corrected chi connectivity index (χ4v) is 1.95. The molecule has 21 heavy (non-hydrogen) atoms. The molecule has 2 N–H and O–H groups in total. The van der Waals surface area contributed by atoms with E-state index in [9.17, 15) is 9.59 Å². The van der Waals surface area contributed by atoms with Crippen molar-refractivity contribution in [1.82, 2.24) is 5.32 Å². The quantitative estimate of drug-likeness (QED) is 0.790. The number of carbonyl (C=O) groups is 2. The zero-order valence-electron chi connectivity index (χ0n) is 13.0. The summed E-state index contributed by atoms with van der Waals surface area (Å²) in [6.07, 6.45) is 3.63. The van der Waals surface area contributed by atoms with E-state index >= 15 is 0 Å². The maximum absolute atomic E-state index is 12.2. The van der Waals surface area contributed by atoms with Crippen LogP contribution in [0.15, 0.2) is 24.3 Å². The van der Waals surface area contributed by atoms with Crippen molar-refractivity contribution >= 4 is 18.0 Å². The van der Waals surface area contributed by atoms with E-state index in [0.29, 0.717) is 11.5 Å². The summed E-state index contributed by atoms with van der Waals surface area (Å²) in [6.45, 7) is 8.07. The second-order valence-corrected chi connectivity index (χ2v) is 5.39. The van der Waals surface area contributed by atoms with E-state index in [1.807, 2.05) is 13.8 Å². The van der Waals surface area contributed by atoms with Crippen LogP contribution in [0.5, 0.6) is 0 Å². The molecule has 4 heteroatoms. The summed E-state index contributed by atoms with van der Waals surface area (Å²) in [7, 11) is 0. The lowest BCUT2D eigenvalue weighted by Crippen LogP contribution is -2.36. The van der Waals surface area contributed by atoms with Gasteiger partial charge in [0.25, 0.3) is 5.91 Å². The molecule has 1 amide bonds. The lowest BCUT2D eigenvalue weighted by molar-refractivity contribution is -0.131. The Balaban J connectivity index is 2.83. The Morgan fingerprint density at radius 2 is 2.00 bits per heavy atom. The average Bonchev–Trinajstić information content (AvgIpc) is 2.44. The van der Waals surface area contributed by atoms with Crippen LogP contribution in [0, 0.1) is 12.8 Å². The molecular weight excluding hydrogens is 266 g/mol. The first-order chi connectivity index (χ1) is 9.85. The molecule has 0 aromatic heterocycles. The number of carboxylic acid groups (broad SMARTS) is 1. The van der Waals surface area contributed by atoms with E-state index in [1.54, 1.807) is 18.2 Å². The van der Waals surface area contributed by atoms with Crippen LogP contribution in [0.25, 0.3) is 6.08 Å². The molecule has 2 unspecified atom stereocenters. The number of nitrogens with one attached hydrogen (secondary N) is 1. The summed E-state index contributed by atoms with van der Waals surface area (Å²) in [4.78, 5) is 22.7. The lowest BCUT2D eigenvalue weighted by Gasteiger charge is -2.20. The van der Waals surface area contributed by atoms with Crippen molar-refractivity contribution in [3.05, 3.63) is 41.0 Å². The van der Waals surface area contributed by atoms with Gasteiger partial charge in [-0.2, -0.15) is 0 Å². The molecule has 0 aliphatic rings. The molecule has 1 aromatic carbocycles. The van der Waals surface area contributed by atoms with Gasteiger partial charge in [-0.15, -0.1) is 0 Å². The predicted octanol–water partition coefficient (Wildman–Crippen LogP) is 3.26. The normalized spacial score (nSPS) is 13.9. The summed E-state index contributed by atoms with van der Waals surface area (Å²) in [5.41, 5.74) is 2.26. The van der Waals surface area contributed by atoms with Crippen molar-refractivity contribution in [2.75, 3.05) is 0 Å². The second-order valence-electron chi connectivity index (χ2n) is 5.39. The molecule has 4 nitrogen and oxygen atoms in total. The standard InChI is InChI=1S/C17H23NO3/c1-5-11(2)13(4)18-17(21)15-7-6-14(12(3)10-15)8-9-16(19)20/h6-11,13H,5H2,1-4H3,(H,18,21)(H,19,20)/b9-8+. The van der Waals surface area contributed by atoms with Crippen molar-refractivity contribution in [2.24, 2.45) is 5.92 Å². The van der Waals surface area contributed by atoms with Crippen LogP contribution in [-0.4, -0.2) is 23.0 Å². The molecule has 0 saturated carbocycles. The first-order valence-corrected chi connectivity index (χ1v) is 7.17. The van der Waals surface area contributed by atoms with Crippen LogP contribution in [-0.2, 0) is 4.79 Å². The largest absolute Gasteiger partial charge is 0.478 e. The molecule has 0 aliphatic carbocycles. The molecule has 0 heterocycles. The van der Waals surface area contributed by atoms with Gasteiger partial charge in [0.05, 0.1) is 0 Å². The number of aryl methyl sites for hydroxylation is 1. The smallest absolute Gasteiger partial charge is 0.328 e. The zero-order chi connectivity index (χ0) is 16.0. The van der Waals surface area contributed by atoms with Crippen molar-refractivity contribution in [3.63, 3.8) is 0 Å². The van der Waals surface area contributed by atoms with Gasteiger partial charge < -0.3 is 10.4 Å². The number of benzene rings is 1. The van der Waals surface area contributed by atoms with Crippen molar-refractivity contribution < 1.29 is 14.7 Å². The van der Waals surface area contributed by atoms with Gasteiger partial charge in [0, 0.05) is 17.7 Å². The number of rotatable bonds is 6. The lowest BCUT2D eigenvalue weighted by atomic mass is 10.00. The third kappa shape index (κ3) is 5.06. The topological polar surface area (TPSA) is 66.4 Å². The van der Waals surface area contributed by atoms with Gasteiger partial charge in [0.1, 0.15) is 0 Å². The number of carbonyl (C=O) groups excluding carboxylic acids is 1. The highest BCUT2D eigenvalue weighted by atomic mass is 16.4. The highest BCUT2D eigenvalue weighted by Gasteiger charge is 2.14. The maximum atomic E-state index is 12.2.